The van der Waals surface area contributed by atoms with E-state index in [0.29, 0.717) is 0 Å². The molecule has 0 fully saturated rings. The first-order valence-electron chi connectivity index (χ1n) is 9.70. The number of carbonyl (C=O) groups excluding carboxylic acids is 1. The minimum Gasteiger partial charge on any atom is -0.271 e. The molecule has 0 aliphatic heterocycles. The zero-order chi connectivity index (χ0) is 24.0. The number of hydrazone groups is 1. The molecule has 3 aromatic carbocycles. The molecule has 3 rings (SSSR count). The smallest absolute Gasteiger partial charge is 0.264 e. The van der Waals surface area contributed by atoms with Gasteiger partial charge in [-0.05, 0) is 61.2 Å². The van der Waals surface area contributed by atoms with Gasteiger partial charge in [0.25, 0.3) is 15.9 Å². The van der Waals surface area contributed by atoms with Crippen molar-refractivity contribution in [2.75, 3.05) is 17.1 Å². The molecule has 1 N–H and O–H groups in total. The number of carbonyl (C=O) groups is 1. The summed E-state index contributed by atoms with van der Waals surface area (Å²) in [5.74, 6) is -0.626. The zero-order valence-corrected chi connectivity index (χ0v) is 21.0. The second kappa shape index (κ2) is 11.1. The number of rotatable bonds is 8. The van der Waals surface area contributed by atoms with Crippen LogP contribution in [0.5, 0.6) is 0 Å². The van der Waals surface area contributed by atoms with E-state index in [-0.39, 0.29) is 20.6 Å². The van der Waals surface area contributed by atoms with Gasteiger partial charge in [0.2, 0.25) is 0 Å². The van der Waals surface area contributed by atoms with Gasteiger partial charge in [0.1, 0.15) is 6.54 Å². The topological polar surface area (TPSA) is 78.8 Å². The van der Waals surface area contributed by atoms with E-state index in [9.17, 15) is 13.2 Å². The molecular weight excluding hydrogens is 501 g/mol. The molecule has 0 bridgehead atoms. The van der Waals surface area contributed by atoms with Gasteiger partial charge in [0.05, 0.1) is 16.8 Å². The van der Waals surface area contributed by atoms with Crippen LogP contribution in [0.1, 0.15) is 11.1 Å². The first-order chi connectivity index (χ1) is 15.7. The Bertz CT molecular complexity index is 1240. The van der Waals surface area contributed by atoms with Crippen LogP contribution in [0.3, 0.4) is 0 Å². The van der Waals surface area contributed by atoms with E-state index < -0.39 is 22.5 Å². The fourth-order valence-corrected chi connectivity index (χ4v) is 5.20. The van der Waals surface area contributed by atoms with Crippen LogP contribution in [0.15, 0.2) is 81.6 Å². The van der Waals surface area contributed by atoms with Crippen molar-refractivity contribution >= 4 is 62.8 Å². The van der Waals surface area contributed by atoms with Crippen molar-refractivity contribution in [3.63, 3.8) is 0 Å². The Morgan fingerprint density at radius 2 is 1.64 bits per heavy atom. The molecule has 0 spiro atoms. The number of sulfonamides is 1. The first kappa shape index (κ1) is 25.1. The number of hydrogen-bond donors (Lipinski definition) is 1. The van der Waals surface area contributed by atoms with Gasteiger partial charge in [-0.25, -0.2) is 13.8 Å². The number of benzene rings is 3. The van der Waals surface area contributed by atoms with Crippen LogP contribution < -0.4 is 9.73 Å². The number of anilines is 1. The molecule has 1 amide bonds. The summed E-state index contributed by atoms with van der Waals surface area (Å²) in [5, 5.41) is 4.43. The van der Waals surface area contributed by atoms with E-state index in [2.05, 4.69) is 10.5 Å². The van der Waals surface area contributed by atoms with Gasteiger partial charge in [-0.15, -0.1) is 11.8 Å². The molecule has 10 heteroatoms. The molecule has 33 heavy (non-hydrogen) atoms. The summed E-state index contributed by atoms with van der Waals surface area (Å²) in [4.78, 5) is 13.8. The molecular formula is C23H21Cl2N3O3S2. The summed E-state index contributed by atoms with van der Waals surface area (Å²) in [6.45, 7) is 1.33. The lowest BCUT2D eigenvalue weighted by atomic mass is 10.2. The van der Waals surface area contributed by atoms with Crippen molar-refractivity contribution in [2.24, 2.45) is 5.10 Å². The zero-order valence-electron chi connectivity index (χ0n) is 17.8. The molecule has 0 aromatic heterocycles. The molecule has 0 aliphatic carbocycles. The highest BCUT2D eigenvalue weighted by atomic mass is 35.5. The number of nitrogens with zero attached hydrogens (tertiary/aromatic N) is 2. The second-order valence-corrected chi connectivity index (χ2v) is 10.6. The Labute approximate surface area is 207 Å². The first-order valence-corrected chi connectivity index (χ1v) is 13.1. The summed E-state index contributed by atoms with van der Waals surface area (Å²) < 4.78 is 27.7. The number of thioether (sulfide) groups is 1. The average molecular weight is 522 g/mol. The van der Waals surface area contributed by atoms with Gasteiger partial charge in [-0.3, -0.25) is 9.10 Å². The lowest BCUT2D eigenvalue weighted by Gasteiger charge is -2.24. The molecule has 0 saturated carbocycles. The molecule has 0 atom stereocenters. The van der Waals surface area contributed by atoms with Crippen LogP contribution in [0, 0.1) is 6.92 Å². The molecule has 0 unspecified atom stereocenters. The van der Waals surface area contributed by atoms with Crippen molar-refractivity contribution in [3.05, 3.63) is 87.9 Å². The van der Waals surface area contributed by atoms with E-state index >= 15 is 0 Å². The van der Waals surface area contributed by atoms with Gasteiger partial charge in [-0.2, -0.15) is 5.10 Å². The highest BCUT2D eigenvalue weighted by molar-refractivity contribution is 7.98. The number of halogens is 2. The van der Waals surface area contributed by atoms with E-state index in [0.717, 1.165) is 20.3 Å². The minimum absolute atomic E-state index is 0.0365. The van der Waals surface area contributed by atoms with Crippen molar-refractivity contribution < 1.29 is 13.2 Å². The summed E-state index contributed by atoms with van der Waals surface area (Å²) in [7, 11) is -4.08. The van der Waals surface area contributed by atoms with E-state index in [1.165, 1.54) is 36.5 Å². The summed E-state index contributed by atoms with van der Waals surface area (Å²) in [6.07, 6.45) is 3.46. The Morgan fingerprint density at radius 3 is 2.21 bits per heavy atom. The number of nitrogens with one attached hydrogen (secondary N) is 1. The molecule has 3 aromatic rings. The van der Waals surface area contributed by atoms with Crippen molar-refractivity contribution in [3.8, 4) is 0 Å². The van der Waals surface area contributed by atoms with Gasteiger partial charge < -0.3 is 0 Å². The Balaban J connectivity index is 1.85. The summed E-state index contributed by atoms with van der Waals surface area (Å²) in [6, 6.07) is 18.3. The normalized spacial score (nSPS) is 11.5. The molecule has 0 saturated heterocycles. The maximum Gasteiger partial charge on any atom is 0.264 e. The van der Waals surface area contributed by atoms with Crippen LogP contribution in [0.4, 0.5) is 5.69 Å². The van der Waals surface area contributed by atoms with Gasteiger partial charge in [0, 0.05) is 14.9 Å². The van der Waals surface area contributed by atoms with Gasteiger partial charge in [0.15, 0.2) is 0 Å². The predicted octanol–water partition coefficient (Wildman–Crippen LogP) is 5.37. The fraction of sp³-hybridized carbons (Fsp3) is 0.130. The third-order valence-electron chi connectivity index (χ3n) is 4.55. The minimum atomic E-state index is -4.08. The SMILES string of the molecule is CSc1ccc(/C=N\NC(=O)CN(c2cc(Cl)cc(Cl)c2)S(=O)(=O)c2ccc(C)cc2)cc1. The van der Waals surface area contributed by atoms with Gasteiger partial charge in [-0.1, -0.05) is 53.0 Å². The van der Waals surface area contributed by atoms with Crippen LogP contribution in [-0.2, 0) is 14.8 Å². The maximum atomic E-state index is 13.4. The van der Waals surface area contributed by atoms with Gasteiger partial charge >= 0.3 is 0 Å². The molecule has 172 valence electrons. The average Bonchev–Trinajstić information content (AvgIpc) is 2.77. The standard InChI is InChI=1S/C23H21Cl2N3O3S2/c1-16-3-9-22(10-4-16)33(30,31)28(20-12-18(24)11-19(25)13-20)15-23(29)27-26-14-17-5-7-21(32-2)8-6-17/h3-14H,15H2,1-2H3,(H,27,29)/b26-14-. The Morgan fingerprint density at radius 1 is 1.03 bits per heavy atom. The molecule has 0 heterocycles. The maximum absolute atomic E-state index is 13.4. The summed E-state index contributed by atoms with van der Waals surface area (Å²) >= 11 is 13.8. The van der Waals surface area contributed by atoms with Crippen molar-refractivity contribution in [1.82, 2.24) is 5.43 Å². The van der Waals surface area contributed by atoms with E-state index in [1.54, 1.807) is 23.9 Å². The highest BCUT2D eigenvalue weighted by Gasteiger charge is 2.27. The molecule has 6 nitrogen and oxygen atoms in total. The third-order valence-corrected chi connectivity index (χ3v) is 7.52. The fourth-order valence-electron chi connectivity index (χ4n) is 2.87. The Hall–Kier alpha value is -2.52. The van der Waals surface area contributed by atoms with Crippen LogP contribution in [0.2, 0.25) is 10.0 Å². The monoisotopic (exact) mass is 521 g/mol. The third kappa shape index (κ3) is 6.74. The largest absolute Gasteiger partial charge is 0.271 e. The second-order valence-electron chi connectivity index (χ2n) is 7.02. The van der Waals surface area contributed by atoms with E-state index in [1.807, 2.05) is 37.4 Å². The van der Waals surface area contributed by atoms with Crippen molar-refractivity contribution in [2.45, 2.75) is 16.7 Å². The van der Waals surface area contributed by atoms with Crippen LogP contribution in [-0.4, -0.2) is 33.3 Å². The number of aryl methyl sites for hydroxylation is 1. The number of hydrogen-bond acceptors (Lipinski definition) is 5. The lowest BCUT2D eigenvalue weighted by Crippen LogP contribution is -2.39. The Kier molecular flexibility index (Phi) is 8.42. The van der Waals surface area contributed by atoms with Crippen LogP contribution in [0.25, 0.3) is 0 Å². The lowest BCUT2D eigenvalue weighted by molar-refractivity contribution is -0.119. The number of amides is 1. The quantitative estimate of drug-likeness (QED) is 0.245. The van der Waals surface area contributed by atoms with E-state index in [4.69, 9.17) is 23.2 Å². The molecule has 0 aliphatic rings. The predicted molar refractivity (Wildman–Crippen MR) is 136 cm³/mol. The van der Waals surface area contributed by atoms with Crippen LogP contribution >= 0.6 is 35.0 Å². The highest BCUT2D eigenvalue weighted by Crippen LogP contribution is 2.29. The molecule has 0 radical (unpaired) electrons. The summed E-state index contributed by atoms with van der Waals surface area (Å²) in [5.41, 5.74) is 4.24. The van der Waals surface area contributed by atoms with Crippen molar-refractivity contribution in [1.29, 1.82) is 0 Å².